The van der Waals surface area contributed by atoms with Gasteiger partial charge in [0.1, 0.15) is 0 Å². The van der Waals surface area contributed by atoms with Gasteiger partial charge in [0.05, 0.1) is 3.79 Å². The Hall–Kier alpha value is -0.120. The summed E-state index contributed by atoms with van der Waals surface area (Å²) in [4.78, 5) is 1.78. The molecule has 0 N–H and O–H groups in total. The van der Waals surface area contributed by atoms with E-state index in [4.69, 9.17) is 0 Å². The van der Waals surface area contributed by atoms with Crippen molar-refractivity contribution in [3.63, 3.8) is 0 Å². The second kappa shape index (κ2) is 5.68. The van der Waals surface area contributed by atoms with Crippen molar-refractivity contribution in [2.24, 2.45) is 0 Å². The number of benzene rings is 1. The molecule has 0 saturated carbocycles. The van der Waals surface area contributed by atoms with Gasteiger partial charge >= 0.3 is 0 Å². The van der Waals surface area contributed by atoms with Crippen LogP contribution in [0.15, 0.2) is 34.1 Å². The van der Waals surface area contributed by atoms with Gasteiger partial charge in [-0.25, -0.2) is 0 Å². The molecule has 3 heteroatoms. The first-order valence-electron chi connectivity index (χ1n) is 5.51. The molecule has 2 aromatic rings. The van der Waals surface area contributed by atoms with Crippen molar-refractivity contribution in [3.05, 3.63) is 55.7 Å². The normalized spacial score (nSPS) is 12.7. The molecule has 0 fully saturated rings. The van der Waals surface area contributed by atoms with E-state index in [1.807, 2.05) is 0 Å². The van der Waals surface area contributed by atoms with Gasteiger partial charge in [-0.15, -0.1) is 11.3 Å². The number of halogens is 2. The summed E-state index contributed by atoms with van der Waals surface area (Å²) in [6, 6.07) is 11.0. The molecule has 2 rings (SSSR count). The first kappa shape index (κ1) is 13.3. The fourth-order valence-corrected chi connectivity index (χ4v) is 4.58. The molecule has 0 nitrogen and oxygen atoms in total. The van der Waals surface area contributed by atoms with Crippen LogP contribution in [0.2, 0.25) is 0 Å². The fraction of sp³-hybridized carbons (Fsp3) is 0.286. The average Bonchev–Trinajstić information content (AvgIpc) is 2.61. The maximum atomic E-state index is 3.79. The standard InChI is InChI=1S/C14H14Br2S/c1-9-3-5-11(6-4-9)7-13(15)12-8-14(16)17-10(12)2/h3-6,8,13H,7H2,1-2H3. The molecule has 0 radical (unpaired) electrons. The molecule has 0 aliphatic carbocycles. The molecule has 1 aromatic carbocycles. The number of alkyl halides is 1. The van der Waals surface area contributed by atoms with Gasteiger partial charge in [-0.05, 0) is 53.4 Å². The van der Waals surface area contributed by atoms with Gasteiger partial charge in [-0.1, -0.05) is 45.8 Å². The highest BCUT2D eigenvalue weighted by molar-refractivity contribution is 9.11. The number of hydrogen-bond donors (Lipinski definition) is 0. The average molecular weight is 374 g/mol. The van der Waals surface area contributed by atoms with E-state index in [9.17, 15) is 0 Å². The van der Waals surface area contributed by atoms with E-state index in [0.717, 1.165) is 6.42 Å². The van der Waals surface area contributed by atoms with Gasteiger partial charge in [-0.2, -0.15) is 0 Å². The summed E-state index contributed by atoms with van der Waals surface area (Å²) >= 11 is 9.13. The molecule has 0 amide bonds. The van der Waals surface area contributed by atoms with Gasteiger partial charge in [0.15, 0.2) is 0 Å². The summed E-state index contributed by atoms with van der Waals surface area (Å²) in [5, 5.41) is 0. The zero-order valence-corrected chi connectivity index (χ0v) is 13.8. The van der Waals surface area contributed by atoms with Gasteiger partial charge in [0, 0.05) is 9.70 Å². The highest BCUT2D eigenvalue weighted by Crippen LogP contribution is 2.36. The summed E-state index contributed by atoms with van der Waals surface area (Å²) in [5.41, 5.74) is 4.08. The maximum Gasteiger partial charge on any atom is 0.0704 e. The van der Waals surface area contributed by atoms with Crippen LogP contribution in [0.1, 0.15) is 26.4 Å². The lowest BCUT2D eigenvalue weighted by molar-refractivity contribution is 0.945. The van der Waals surface area contributed by atoms with Crippen molar-refractivity contribution in [1.29, 1.82) is 0 Å². The first-order chi connectivity index (χ1) is 8.06. The highest BCUT2D eigenvalue weighted by Gasteiger charge is 2.13. The van der Waals surface area contributed by atoms with Crippen molar-refractivity contribution in [2.45, 2.75) is 25.1 Å². The highest BCUT2D eigenvalue weighted by atomic mass is 79.9. The summed E-state index contributed by atoms with van der Waals surface area (Å²) in [5.74, 6) is 0. The van der Waals surface area contributed by atoms with Crippen LogP contribution in [0.5, 0.6) is 0 Å². The minimum absolute atomic E-state index is 0.396. The Balaban J connectivity index is 2.14. The molecule has 0 spiro atoms. The summed E-state index contributed by atoms with van der Waals surface area (Å²) in [7, 11) is 0. The predicted octanol–water partition coefficient (Wildman–Crippen LogP) is 5.81. The van der Waals surface area contributed by atoms with Crippen LogP contribution in [-0.2, 0) is 6.42 Å². The van der Waals surface area contributed by atoms with E-state index < -0.39 is 0 Å². The second-order valence-electron chi connectivity index (χ2n) is 4.22. The molecule has 0 aliphatic rings. The Kier molecular flexibility index (Phi) is 4.45. The Labute approximate surface area is 123 Å². The molecular formula is C14H14Br2S. The number of aryl methyl sites for hydroxylation is 2. The molecule has 17 heavy (non-hydrogen) atoms. The largest absolute Gasteiger partial charge is 0.133 e. The molecule has 0 aliphatic heterocycles. The maximum absolute atomic E-state index is 3.79. The molecule has 0 bridgehead atoms. The topological polar surface area (TPSA) is 0 Å². The van der Waals surface area contributed by atoms with Crippen molar-refractivity contribution >= 4 is 43.2 Å². The number of hydrogen-bond acceptors (Lipinski definition) is 1. The summed E-state index contributed by atoms with van der Waals surface area (Å²) in [6.45, 7) is 4.30. The minimum Gasteiger partial charge on any atom is -0.133 e. The predicted molar refractivity (Wildman–Crippen MR) is 83.3 cm³/mol. The van der Waals surface area contributed by atoms with Crippen molar-refractivity contribution in [1.82, 2.24) is 0 Å². The Bertz CT molecular complexity index is 499. The van der Waals surface area contributed by atoms with Crippen LogP contribution < -0.4 is 0 Å². The SMILES string of the molecule is Cc1ccc(CC(Br)c2cc(Br)sc2C)cc1. The Morgan fingerprint density at radius 3 is 2.35 bits per heavy atom. The van der Waals surface area contributed by atoms with Crippen LogP contribution >= 0.6 is 43.2 Å². The van der Waals surface area contributed by atoms with Crippen molar-refractivity contribution in [3.8, 4) is 0 Å². The third kappa shape index (κ3) is 3.43. The lowest BCUT2D eigenvalue weighted by atomic mass is 10.0. The van der Waals surface area contributed by atoms with E-state index in [-0.39, 0.29) is 0 Å². The van der Waals surface area contributed by atoms with E-state index in [1.165, 1.54) is 25.4 Å². The molecular weight excluding hydrogens is 360 g/mol. The monoisotopic (exact) mass is 372 g/mol. The third-order valence-electron chi connectivity index (χ3n) is 2.80. The van der Waals surface area contributed by atoms with Crippen LogP contribution in [0, 0.1) is 13.8 Å². The lowest BCUT2D eigenvalue weighted by Crippen LogP contribution is -1.95. The van der Waals surface area contributed by atoms with E-state index in [1.54, 1.807) is 11.3 Å². The fourth-order valence-electron chi connectivity index (χ4n) is 1.81. The van der Waals surface area contributed by atoms with Gasteiger partial charge in [-0.3, -0.25) is 0 Å². The molecule has 1 aromatic heterocycles. The molecule has 1 unspecified atom stereocenters. The quantitative estimate of drug-likeness (QED) is 0.596. The Morgan fingerprint density at radius 1 is 1.18 bits per heavy atom. The van der Waals surface area contributed by atoms with Gasteiger partial charge in [0.2, 0.25) is 0 Å². The lowest BCUT2D eigenvalue weighted by Gasteiger charge is -2.10. The number of thiophene rings is 1. The third-order valence-corrected chi connectivity index (χ3v) is 5.19. The summed E-state index contributed by atoms with van der Waals surface area (Å²) in [6.07, 6.45) is 1.03. The zero-order chi connectivity index (χ0) is 12.4. The van der Waals surface area contributed by atoms with Crippen molar-refractivity contribution < 1.29 is 0 Å². The smallest absolute Gasteiger partial charge is 0.0704 e. The van der Waals surface area contributed by atoms with Crippen LogP contribution in [0.25, 0.3) is 0 Å². The Morgan fingerprint density at radius 2 is 1.82 bits per heavy atom. The molecule has 1 heterocycles. The van der Waals surface area contributed by atoms with E-state index in [2.05, 4.69) is 76.0 Å². The van der Waals surface area contributed by atoms with E-state index in [0.29, 0.717) is 4.83 Å². The van der Waals surface area contributed by atoms with Crippen LogP contribution in [0.4, 0.5) is 0 Å². The minimum atomic E-state index is 0.396. The zero-order valence-electron chi connectivity index (χ0n) is 9.84. The van der Waals surface area contributed by atoms with Gasteiger partial charge in [0.25, 0.3) is 0 Å². The molecule has 90 valence electrons. The van der Waals surface area contributed by atoms with Gasteiger partial charge < -0.3 is 0 Å². The van der Waals surface area contributed by atoms with E-state index >= 15 is 0 Å². The number of rotatable bonds is 3. The van der Waals surface area contributed by atoms with Crippen LogP contribution in [0.3, 0.4) is 0 Å². The molecule has 0 saturated heterocycles. The van der Waals surface area contributed by atoms with Crippen LogP contribution in [-0.4, -0.2) is 0 Å². The van der Waals surface area contributed by atoms with Crippen molar-refractivity contribution in [2.75, 3.05) is 0 Å². The molecule has 1 atom stereocenters. The first-order valence-corrected chi connectivity index (χ1v) is 8.04. The summed E-state index contributed by atoms with van der Waals surface area (Å²) < 4.78 is 1.21. The second-order valence-corrected chi connectivity index (χ2v) is 7.96.